The number of rotatable bonds is 7. The molecule has 1 N–H and O–H groups in total. The summed E-state index contributed by atoms with van der Waals surface area (Å²) in [5, 5.41) is 3.10. The number of amides is 3. The largest absolute Gasteiger partial charge is 0.454 e. The second kappa shape index (κ2) is 9.89. The minimum atomic E-state index is -1.23. The van der Waals surface area contributed by atoms with Gasteiger partial charge in [-0.25, -0.2) is 4.79 Å². The maximum Gasteiger partial charge on any atom is 0.330 e. The molecule has 1 heterocycles. The second-order valence-electron chi connectivity index (χ2n) is 7.85. The molecule has 0 radical (unpaired) electrons. The number of ether oxygens (including phenoxy) is 1. The number of hydrogen-bond acceptors (Lipinski definition) is 5. The van der Waals surface area contributed by atoms with Crippen molar-refractivity contribution >= 4 is 41.0 Å². The number of benzene rings is 3. The molecule has 0 aromatic heterocycles. The molecular weight excluding hydrogens is 456 g/mol. The summed E-state index contributed by atoms with van der Waals surface area (Å²) in [6.45, 7) is 1.25. The molecule has 0 spiro atoms. The number of aryl methyl sites for hydroxylation is 1. The van der Waals surface area contributed by atoms with Gasteiger partial charge in [-0.1, -0.05) is 60.1 Å². The van der Waals surface area contributed by atoms with Gasteiger partial charge < -0.3 is 10.1 Å². The number of fused-ring (bicyclic) bond motifs is 1. The van der Waals surface area contributed by atoms with E-state index in [1.807, 2.05) is 13.0 Å². The van der Waals surface area contributed by atoms with Crippen LogP contribution in [0.1, 0.15) is 31.8 Å². The van der Waals surface area contributed by atoms with Crippen LogP contribution in [0.2, 0.25) is 5.02 Å². The number of carbonyl (C=O) groups is 4. The van der Waals surface area contributed by atoms with E-state index in [0.29, 0.717) is 10.7 Å². The summed E-state index contributed by atoms with van der Waals surface area (Å²) in [5.74, 6) is -2.57. The number of nitrogens with one attached hydrogen (secondary N) is 1. The highest BCUT2D eigenvalue weighted by Crippen LogP contribution is 2.26. The third-order valence-corrected chi connectivity index (χ3v) is 5.89. The van der Waals surface area contributed by atoms with Gasteiger partial charge >= 0.3 is 5.97 Å². The van der Waals surface area contributed by atoms with Gasteiger partial charge in [-0.05, 0) is 42.3 Å². The lowest BCUT2D eigenvalue weighted by atomic mass is 10.0. The van der Waals surface area contributed by atoms with Crippen LogP contribution in [0.4, 0.5) is 5.69 Å². The summed E-state index contributed by atoms with van der Waals surface area (Å²) in [4.78, 5) is 52.3. The van der Waals surface area contributed by atoms with Gasteiger partial charge in [0, 0.05) is 17.1 Å². The molecule has 4 rings (SSSR count). The van der Waals surface area contributed by atoms with Crippen LogP contribution < -0.4 is 5.32 Å². The van der Waals surface area contributed by atoms with Crippen molar-refractivity contribution in [3.63, 3.8) is 0 Å². The van der Waals surface area contributed by atoms with Gasteiger partial charge in [-0.15, -0.1) is 0 Å². The van der Waals surface area contributed by atoms with Crippen LogP contribution in [0.15, 0.2) is 72.8 Å². The molecule has 1 aliphatic rings. The molecule has 34 heavy (non-hydrogen) atoms. The molecule has 3 aromatic carbocycles. The molecule has 1 unspecified atom stereocenters. The maximum atomic E-state index is 13.1. The summed E-state index contributed by atoms with van der Waals surface area (Å²) in [6, 6.07) is 19.2. The SMILES string of the molecule is Cc1ccc(NC(=O)COC(=O)C(Cc2ccccc2)N2C(=O)c3ccccc3C2=O)cc1Cl. The topological polar surface area (TPSA) is 92.8 Å². The van der Waals surface area contributed by atoms with E-state index in [9.17, 15) is 19.2 Å². The van der Waals surface area contributed by atoms with E-state index in [4.69, 9.17) is 16.3 Å². The number of carbonyl (C=O) groups excluding carboxylic acids is 4. The Morgan fingerprint density at radius 1 is 0.941 bits per heavy atom. The van der Waals surface area contributed by atoms with Crippen molar-refractivity contribution < 1.29 is 23.9 Å². The van der Waals surface area contributed by atoms with Crippen molar-refractivity contribution in [2.75, 3.05) is 11.9 Å². The van der Waals surface area contributed by atoms with Crippen LogP contribution in [0.25, 0.3) is 0 Å². The number of anilines is 1. The zero-order valence-corrected chi connectivity index (χ0v) is 19.0. The lowest BCUT2D eigenvalue weighted by molar-refractivity contribution is -0.151. The molecule has 0 saturated carbocycles. The summed E-state index contributed by atoms with van der Waals surface area (Å²) >= 11 is 6.08. The zero-order chi connectivity index (χ0) is 24.2. The number of imide groups is 1. The molecule has 3 amide bonds. The Morgan fingerprint density at radius 3 is 2.18 bits per heavy atom. The quantitative estimate of drug-likeness (QED) is 0.410. The van der Waals surface area contributed by atoms with Crippen molar-refractivity contribution in [2.24, 2.45) is 0 Å². The van der Waals surface area contributed by atoms with Crippen LogP contribution in [0.3, 0.4) is 0 Å². The molecule has 1 atom stereocenters. The molecule has 0 saturated heterocycles. The van der Waals surface area contributed by atoms with Gasteiger partial charge in [-0.2, -0.15) is 0 Å². The van der Waals surface area contributed by atoms with Gasteiger partial charge in [0.1, 0.15) is 6.04 Å². The van der Waals surface area contributed by atoms with Gasteiger partial charge in [0.15, 0.2) is 6.61 Å². The van der Waals surface area contributed by atoms with E-state index >= 15 is 0 Å². The summed E-state index contributed by atoms with van der Waals surface area (Å²) in [7, 11) is 0. The molecule has 7 nitrogen and oxygen atoms in total. The first-order valence-corrected chi connectivity index (χ1v) is 11.0. The van der Waals surface area contributed by atoms with Crippen molar-refractivity contribution in [3.05, 3.63) is 100 Å². The zero-order valence-electron chi connectivity index (χ0n) is 18.3. The lowest BCUT2D eigenvalue weighted by Gasteiger charge is -2.24. The Morgan fingerprint density at radius 2 is 1.56 bits per heavy atom. The van der Waals surface area contributed by atoms with Gasteiger partial charge in [0.05, 0.1) is 11.1 Å². The Balaban J connectivity index is 1.50. The molecule has 172 valence electrons. The highest BCUT2D eigenvalue weighted by Gasteiger charge is 2.43. The van der Waals surface area contributed by atoms with E-state index in [1.54, 1.807) is 66.7 Å². The monoisotopic (exact) mass is 476 g/mol. The molecule has 0 aliphatic carbocycles. The Kier molecular flexibility index (Phi) is 6.75. The number of nitrogens with zero attached hydrogens (tertiary/aromatic N) is 1. The number of esters is 1. The van der Waals surface area contributed by atoms with E-state index in [-0.39, 0.29) is 17.5 Å². The normalized spacial score (nSPS) is 13.4. The Labute approximate surface area is 201 Å². The van der Waals surface area contributed by atoms with Crippen LogP contribution in [-0.2, 0) is 20.7 Å². The fraction of sp³-hybridized carbons (Fsp3) is 0.154. The minimum absolute atomic E-state index is 0.0559. The maximum absolute atomic E-state index is 13.1. The third-order valence-electron chi connectivity index (χ3n) is 5.48. The predicted molar refractivity (Wildman–Crippen MR) is 127 cm³/mol. The second-order valence-corrected chi connectivity index (χ2v) is 8.26. The first-order valence-electron chi connectivity index (χ1n) is 10.6. The van der Waals surface area contributed by atoms with E-state index < -0.39 is 36.3 Å². The molecular formula is C26H21ClN2O5. The average Bonchev–Trinajstić information content (AvgIpc) is 3.09. The Hall–Kier alpha value is -3.97. The number of hydrogen-bond donors (Lipinski definition) is 1. The average molecular weight is 477 g/mol. The van der Waals surface area contributed by atoms with Crippen molar-refractivity contribution in [1.82, 2.24) is 4.90 Å². The first-order chi connectivity index (χ1) is 16.3. The fourth-order valence-corrected chi connectivity index (χ4v) is 3.89. The predicted octanol–water partition coefficient (Wildman–Crippen LogP) is 4.04. The molecule has 0 bridgehead atoms. The van der Waals surface area contributed by atoms with Crippen molar-refractivity contribution in [2.45, 2.75) is 19.4 Å². The van der Waals surface area contributed by atoms with Crippen LogP contribution in [0, 0.1) is 6.92 Å². The van der Waals surface area contributed by atoms with Crippen LogP contribution in [0.5, 0.6) is 0 Å². The third kappa shape index (κ3) is 4.84. The summed E-state index contributed by atoms with van der Waals surface area (Å²) < 4.78 is 5.24. The van der Waals surface area contributed by atoms with Crippen molar-refractivity contribution in [1.29, 1.82) is 0 Å². The lowest BCUT2D eigenvalue weighted by Crippen LogP contribution is -2.47. The molecule has 8 heteroatoms. The van der Waals surface area contributed by atoms with E-state index in [1.165, 1.54) is 0 Å². The van der Waals surface area contributed by atoms with Crippen molar-refractivity contribution in [3.8, 4) is 0 Å². The van der Waals surface area contributed by atoms with Crippen LogP contribution in [-0.4, -0.2) is 41.2 Å². The van der Waals surface area contributed by atoms with E-state index in [0.717, 1.165) is 16.0 Å². The van der Waals surface area contributed by atoms with Gasteiger partial charge in [0.25, 0.3) is 17.7 Å². The highest BCUT2D eigenvalue weighted by atomic mass is 35.5. The molecule has 1 aliphatic heterocycles. The standard InChI is InChI=1S/C26H21ClN2O5/c1-16-11-12-18(14-21(16)27)28-23(30)15-34-26(33)22(13-17-7-3-2-4-8-17)29-24(31)19-9-5-6-10-20(19)25(29)32/h2-12,14,22H,13,15H2,1H3,(H,28,30). The molecule has 0 fully saturated rings. The summed E-state index contributed by atoms with van der Waals surface area (Å²) in [6.07, 6.45) is 0.0559. The summed E-state index contributed by atoms with van der Waals surface area (Å²) in [5.41, 5.74) is 2.51. The van der Waals surface area contributed by atoms with E-state index in [2.05, 4.69) is 5.32 Å². The van der Waals surface area contributed by atoms with Gasteiger partial charge in [-0.3, -0.25) is 19.3 Å². The smallest absolute Gasteiger partial charge is 0.330 e. The minimum Gasteiger partial charge on any atom is -0.454 e. The Bertz CT molecular complexity index is 1240. The van der Waals surface area contributed by atoms with Gasteiger partial charge in [0.2, 0.25) is 0 Å². The van der Waals surface area contributed by atoms with Crippen LogP contribution >= 0.6 is 11.6 Å². The highest BCUT2D eigenvalue weighted by molar-refractivity contribution is 6.31. The molecule has 3 aromatic rings. The fourth-order valence-electron chi connectivity index (χ4n) is 3.71. The number of halogens is 1. The first kappa shape index (κ1) is 23.2.